The lowest BCUT2D eigenvalue weighted by molar-refractivity contribution is -0.124. The number of rotatable bonds is 8. The van der Waals surface area contributed by atoms with Crippen molar-refractivity contribution in [2.45, 2.75) is 39.0 Å². The van der Waals surface area contributed by atoms with Crippen molar-refractivity contribution in [3.05, 3.63) is 64.8 Å². The van der Waals surface area contributed by atoms with Gasteiger partial charge in [-0.05, 0) is 36.8 Å². The Kier molecular flexibility index (Phi) is 7.20. The maximum absolute atomic E-state index is 13.4. The Morgan fingerprint density at radius 3 is 2.52 bits per heavy atom. The maximum Gasteiger partial charge on any atom is 0.286 e. The third kappa shape index (κ3) is 4.69. The molecule has 0 spiro atoms. The summed E-state index contributed by atoms with van der Waals surface area (Å²) in [4.78, 5) is 45.1. The fourth-order valence-electron chi connectivity index (χ4n) is 3.88. The minimum Gasteiger partial charge on any atom is -0.308 e. The van der Waals surface area contributed by atoms with E-state index in [0.717, 1.165) is 53.7 Å². The van der Waals surface area contributed by atoms with Gasteiger partial charge in [0.25, 0.3) is 17.7 Å². The van der Waals surface area contributed by atoms with Gasteiger partial charge in [-0.1, -0.05) is 62.6 Å². The zero-order valence-corrected chi connectivity index (χ0v) is 19.9. The third-order valence-electron chi connectivity index (χ3n) is 5.56. The minimum atomic E-state index is -0.504. The molecule has 1 aromatic carbocycles. The molecule has 1 saturated heterocycles. The number of para-hydroxylation sites is 1. The van der Waals surface area contributed by atoms with Crippen molar-refractivity contribution in [2.75, 3.05) is 11.4 Å². The van der Waals surface area contributed by atoms with Crippen LogP contribution in [0.25, 0.3) is 5.57 Å². The molecule has 0 aliphatic carbocycles. The van der Waals surface area contributed by atoms with Gasteiger partial charge in [0.15, 0.2) is 4.32 Å². The lowest BCUT2D eigenvalue weighted by Gasteiger charge is -2.17. The zero-order chi connectivity index (χ0) is 23.4. The molecule has 0 radical (unpaired) electrons. The second kappa shape index (κ2) is 10.3. The molecular formula is C24H24N4O3S2. The first-order valence-corrected chi connectivity index (χ1v) is 12.2. The van der Waals surface area contributed by atoms with E-state index in [-0.39, 0.29) is 15.1 Å². The lowest BCUT2D eigenvalue weighted by atomic mass is 10.1. The van der Waals surface area contributed by atoms with Gasteiger partial charge in [-0.25, -0.2) is 0 Å². The van der Waals surface area contributed by atoms with Crippen LogP contribution in [0.4, 0.5) is 5.69 Å². The summed E-state index contributed by atoms with van der Waals surface area (Å²) in [7, 11) is 0. The van der Waals surface area contributed by atoms with Crippen LogP contribution < -0.4 is 10.3 Å². The van der Waals surface area contributed by atoms with E-state index in [1.54, 1.807) is 17.0 Å². The van der Waals surface area contributed by atoms with Crippen molar-refractivity contribution in [1.82, 2.24) is 15.4 Å². The minimum absolute atomic E-state index is 0.174. The number of nitrogens with one attached hydrogen (secondary N) is 1. The van der Waals surface area contributed by atoms with Crippen molar-refractivity contribution < 1.29 is 14.4 Å². The molecule has 9 heteroatoms. The lowest BCUT2D eigenvalue weighted by Crippen LogP contribution is -2.45. The summed E-state index contributed by atoms with van der Waals surface area (Å²) >= 11 is 6.39. The quantitative estimate of drug-likeness (QED) is 0.344. The highest BCUT2D eigenvalue weighted by atomic mass is 32.2. The molecule has 33 heavy (non-hydrogen) atoms. The Balaban J connectivity index is 1.58. The molecule has 0 unspecified atom stereocenters. The number of hydrazine groups is 1. The van der Waals surface area contributed by atoms with E-state index in [1.165, 1.54) is 18.8 Å². The van der Waals surface area contributed by atoms with Gasteiger partial charge < -0.3 is 4.90 Å². The Hall–Kier alpha value is -3.04. The van der Waals surface area contributed by atoms with E-state index < -0.39 is 11.8 Å². The van der Waals surface area contributed by atoms with Gasteiger partial charge in [0.1, 0.15) is 0 Å². The number of anilines is 1. The number of nitrogens with zero attached hydrogens (tertiary/aromatic N) is 3. The van der Waals surface area contributed by atoms with Crippen molar-refractivity contribution in [3.63, 3.8) is 0 Å². The van der Waals surface area contributed by atoms with E-state index in [4.69, 9.17) is 12.2 Å². The standard InChI is InChI=1S/C24H24N4O3S2/c1-2-3-4-5-8-15-27-18-10-7-6-9-17(18)19(22(27)30)20-23(31)28(24(32)33-20)26-21(29)16-11-13-25-14-12-16/h6-7,9-14H,2-5,8,15H2,1H3,(H,26,29)/b20-19-. The smallest absolute Gasteiger partial charge is 0.286 e. The van der Waals surface area contributed by atoms with Gasteiger partial charge in [-0.2, -0.15) is 5.01 Å². The van der Waals surface area contributed by atoms with Crippen LogP contribution in [0, 0.1) is 0 Å². The number of benzene rings is 1. The highest BCUT2D eigenvalue weighted by Crippen LogP contribution is 2.44. The first-order chi connectivity index (χ1) is 16.0. The third-order valence-corrected chi connectivity index (χ3v) is 6.93. The van der Waals surface area contributed by atoms with Gasteiger partial charge in [0, 0.05) is 30.1 Å². The summed E-state index contributed by atoms with van der Waals surface area (Å²) in [6.07, 6.45) is 8.43. The average molecular weight is 481 g/mol. The molecule has 170 valence electrons. The molecule has 2 aromatic rings. The highest BCUT2D eigenvalue weighted by molar-refractivity contribution is 8.26. The summed E-state index contributed by atoms with van der Waals surface area (Å²) in [5, 5.41) is 1.04. The summed E-state index contributed by atoms with van der Waals surface area (Å²) in [5.74, 6) is -1.19. The molecule has 4 rings (SSSR count). The number of fused-ring (bicyclic) bond motifs is 1. The average Bonchev–Trinajstić information content (AvgIpc) is 3.26. The molecule has 0 atom stereocenters. The normalized spacial score (nSPS) is 17.7. The monoisotopic (exact) mass is 480 g/mol. The van der Waals surface area contributed by atoms with Gasteiger partial charge in [-0.15, -0.1) is 0 Å². The molecule has 2 aliphatic rings. The molecule has 2 aliphatic heterocycles. The highest BCUT2D eigenvalue weighted by Gasteiger charge is 2.42. The Morgan fingerprint density at radius 1 is 1.03 bits per heavy atom. The summed E-state index contributed by atoms with van der Waals surface area (Å²) in [6, 6.07) is 10.6. The van der Waals surface area contributed by atoms with Gasteiger partial charge >= 0.3 is 0 Å². The number of unbranched alkanes of at least 4 members (excludes halogenated alkanes) is 4. The van der Waals surface area contributed by atoms with E-state index in [1.807, 2.05) is 24.3 Å². The Morgan fingerprint density at radius 2 is 1.76 bits per heavy atom. The summed E-state index contributed by atoms with van der Waals surface area (Å²) < 4.78 is 0.174. The molecule has 3 heterocycles. The molecule has 1 aromatic heterocycles. The van der Waals surface area contributed by atoms with Crippen molar-refractivity contribution in [3.8, 4) is 0 Å². The second-order valence-electron chi connectivity index (χ2n) is 7.78. The molecule has 0 saturated carbocycles. The second-order valence-corrected chi connectivity index (χ2v) is 9.42. The van der Waals surface area contributed by atoms with E-state index in [0.29, 0.717) is 17.7 Å². The number of hydrogen-bond acceptors (Lipinski definition) is 6. The Labute approximate surface area is 202 Å². The molecule has 7 nitrogen and oxygen atoms in total. The molecule has 0 bridgehead atoms. The predicted octanol–water partition coefficient (Wildman–Crippen LogP) is 4.32. The Bertz CT molecular complexity index is 1130. The zero-order valence-electron chi connectivity index (χ0n) is 18.2. The number of thioether (sulfide) groups is 1. The summed E-state index contributed by atoms with van der Waals surface area (Å²) in [5.41, 5.74) is 4.77. The van der Waals surface area contributed by atoms with Gasteiger partial charge in [0.05, 0.1) is 16.2 Å². The number of amides is 3. The molecule has 1 fully saturated rings. The maximum atomic E-state index is 13.4. The van der Waals surface area contributed by atoms with Crippen LogP contribution in [0.1, 0.15) is 54.9 Å². The van der Waals surface area contributed by atoms with E-state index in [2.05, 4.69) is 17.3 Å². The number of carbonyl (C=O) groups excluding carboxylic acids is 3. The number of carbonyl (C=O) groups is 3. The van der Waals surface area contributed by atoms with Crippen LogP contribution in [0.3, 0.4) is 0 Å². The number of pyridine rings is 1. The van der Waals surface area contributed by atoms with Gasteiger partial charge in [-0.3, -0.25) is 24.8 Å². The van der Waals surface area contributed by atoms with Crippen molar-refractivity contribution >= 4 is 57.3 Å². The molecule has 1 N–H and O–H groups in total. The summed E-state index contributed by atoms with van der Waals surface area (Å²) in [6.45, 7) is 2.77. The van der Waals surface area contributed by atoms with E-state index >= 15 is 0 Å². The van der Waals surface area contributed by atoms with E-state index in [9.17, 15) is 14.4 Å². The van der Waals surface area contributed by atoms with Crippen molar-refractivity contribution in [1.29, 1.82) is 0 Å². The van der Waals surface area contributed by atoms with Crippen LogP contribution in [-0.2, 0) is 9.59 Å². The predicted molar refractivity (Wildman–Crippen MR) is 133 cm³/mol. The van der Waals surface area contributed by atoms with Crippen molar-refractivity contribution in [2.24, 2.45) is 0 Å². The fraction of sp³-hybridized carbons (Fsp3) is 0.292. The van der Waals surface area contributed by atoms with Crippen LogP contribution in [0.5, 0.6) is 0 Å². The van der Waals surface area contributed by atoms with Crippen LogP contribution >= 0.6 is 24.0 Å². The van der Waals surface area contributed by atoms with Crippen LogP contribution in [0.15, 0.2) is 53.7 Å². The fourth-order valence-corrected chi connectivity index (χ4v) is 5.13. The number of aromatic nitrogens is 1. The molecular weight excluding hydrogens is 456 g/mol. The van der Waals surface area contributed by atoms with Crippen LogP contribution in [-0.4, -0.2) is 38.6 Å². The number of thiocarbonyl (C=S) groups is 1. The first kappa shape index (κ1) is 23.1. The van der Waals surface area contributed by atoms with Gasteiger partial charge in [0.2, 0.25) is 0 Å². The topological polar surface area (TPSA) is 82.6 Å². The number of hydrogen-bond donors (Lipinski definition) is 1. The SMILES string of the molecule is CCCCCCCN1C(=O)/C(=C2\SC(=S)N(NC(=O)c3ccncc3)C2=O)c2ccccc21. The largest absolute Gasteiger partial charge is 0.308 e. The van der Waals surface area contributed by atoms with Crippen LogP contribution in [0.2, 0.25) is 0 Å². The first-order valence-electron chi connectivity index (χ1n) is 11.0. The molecule has 3 amide bonds.